The summed E-state index contributed by atoms with van der Waals surface area (Å²) in [6.45, 7) is 0.219. The molecule has 2 aromatic carbocycles. The fourth-order valence-electron chi connectivity index (χ4n) is 3.00. The van der Waals surface area contributed by atoms with Gasteiger partial charge in [-0.05, 0) is 55.3 Å². The molecule has 9 nitrogen and oxygen atoms in total. The minimum absolute atomic E-state index is 0.114. The van der Waals surface area contributed by atoms with Crippen LogP contribution in [0.3, 0.4) is 0 Å². The highest BCUT2D eigenvalue weighted by Crippen LogP contribution is 2.26. The molecule has 0 saturated carbocycles. The van der Waals surface area contributed by atoms with E-state index < -0.39 is 34.3 Å². The van der Waals surface area contributed by atoms with Crippen LogP contribution in [0.25, 0.3) is 0 Å². The molecule has 30 heavy (non-hydrogen) atoms. The van der Waals surface area contributed by atoms with Crippen molar-refractivity contribution in [3.05, 3.63) is 48.0 Å². The first-order valence-corrected chi connectivity index (χ1v) is 10.7. The fourth-order valence-corrected chi connectivity index (χ4v) is 4.54. The van der Waals surface area contributed by atoms with E-state index >= 15 is 0 Å². The monoisotopic (exact) mass is 434 g/mol. The van der Waals surface area contributed by atoms with Gasteiger partial charge in [0.1, 0.15) is 17.1 Å². The number of aromatic hydroxyl groups is 1. The summed E-state index contributed by atoms with van der Waals surface area (Å²) < 4.78 is 36.6. The third-order valence-electron chi connectivity index (χ3n) is 4.60. The van der Waals surface area contributed by atoms with Gasteiger partial charge in [0, 0.05) is 18.8 Å². The Morgan fingerprint density at radius 1 is 1.10 bits per heavy atom. The van der Waals surface area contributed by atoms with Crippen LogP contribution < -0.4 is 10.1 Å². The van der Waals surface area contributed by atoms with Gasteiger partial charge in [-0.3, -0.25) is 4.79 Å². The van der Waals surface area contributed by atoms with Gasteiger partial charge in [-0.25, -0.2) is 13.2 Å². The number of nitrogens with one attached hydrogen (secondary N) is 1. The Labute approximate surface area is 174 Å². The molecule has 0 spiro atoms. The molecular weight excluding hydrogens is 412 g/mol. The SMILES string of the molecule is COc1ccc(NC(=O)COC(=O)c2cc(S(=O)(=O)N3CCCC3)ccc2O)cc1. The number of phenolic OH excluding ortho intramolecular Hbond substituents is 1. The number of sulfonamides is 1. The van der Waals surface area contributed by atoms with Crippen LogP contribution >= 0.6 is 0 Å². The zero-order valence-electron chi connectivity index (χ0n) is 16.3. The molecule has 0 unspecified atom stereocenters. The number of anilines is 1. The van der Waals surface area contributed by atoms with Gasteiger partial charge >= 0.3 is 5.97 Å². The Morgan fingerprint density at radius 3 is 2.40 bits per heavy atom. The minimum atomic E-state index is -3.76. The lowest BCUT2D eigenvalue weighted by atomic mass is 10.2. The summed E-state index contributed by atoms with van der Waals surface area (Å²) in [7, 11) is -2.24. The van der Waals surface area contributed by atoms with E-state index in [1.165, 1.54) is 17.5 Å². The van der Waals surface area contributed by atoms with E-state index in [1.54, 1.807) is 24.3 Å². The van der Waals surface area contributed by atoms with E-state index in [0.29, 0.717) is 24.5 Å². The highest BCUT2D eigenvalue weighted by Gasteiger charge is 2.28. The second kappa shape index (κ2) is 9.14. The third kappa shape index (κ3) is 4.89. The summed E-state index contributed by atoms with van der Waals surface area (Å²) in [6.07, 6.45) is 1.55. The number of nitrogens with zero attached hydrogens (tertiary/aromatic N) is 1. The normalized spacial score (nSPS) is 14.3. The lowest BCUT2D eigenvalue weighted by molar-refractivity contribution is -0.119. The number of phenols is 1. The maximum Gasteiger partial charge on any atom is 0.342 e. The first kappa shape index (κ1) is 21.6. The summed E-state index contributed by atoms with van der Waals surface area (Å²) in [5.74, 6) is -1.40. The summed E-state index contributed by atoms with van der Waals surface area (Å²) in [5.41, 5.74) is 0.158. The lowest BCUT2D eigenvalue weighted by Crippen LogP contribution is -2.28. The largest absolute Gasteiger partial charge is 0.507 e. The van der Waals surface area contributed by atoms with Gasteiger partial charge in [0.25, 0.3) is 5.91 Å². The van der Waals surface area contributed by atoms with Crippen molar-refractivity contribution >= 4 is 27.6 Å². The summed E-state index contributed by atoms with van der Waals surface area (Å²) >= 11 is 0. The maximum atomic E-state index is 12.7. The molecule has 0 atom stereocenters. The van der Waals surface area contributed by atoms with Gasteiger partial charge in [0.15, 0.2) is 6.61 Å². The van der Waals surface area contributed by atoms with Crippen LogP contribution in [0.15, 0.2) is 47.4 Å². The van der Waals surface area contributed by atoms with E-state index in [0.717, 1.165) is 25.0 Å². The van der Waals surface area contributed by atoms with Crippen LogP contribution in [0.1, 0.15) is 23.2 Å². The van der Waals surface area contributed by atoms with Crippen LogP contribution in [-0.2, 0) is 19.6 Å². The molecule has 3 rings (SSSR count). The predicted molar refractivity (Wildman–Crippen MR) is 108 cm³/mol. The highest BCUT2D eigenvalue weighted by molar-refractivity contribution is 7.89. The van der Waals surface area contributed by atoms with Crippen molar-refractivity contribution in [2.24, 2.45) is 0 Å². The second-order valence-electron chi connectivity index (χ2n) is 6.64. The van der Waals surface area contributed by atoms with Crippen LogP contribution in [0.5, 0.6) is 11.5 Å². The fraction of sp³-hybridized carbons (Fsp3) is 0.300. The van der Waals surface area contributed by atoms with Crippen molar-refractivity contribution in [1.82, 2.24) is 4.31 Å². The number of methoxy groups -OCH3 is 1. The van der Waals surface area contributed by atoms with Crippen LogP contribution in [0, 0.1) is 0 Å². The Kier molecular flexibility index (Phi) is 6.58. The standard InChI is InChI=1S/C20H22N2O7S/c1-28-15-6-4-14(5-7-15)21-19(24)13-29-20(25)17-12-16(8-9-18(17)23)30(26,27)22-10-2-3-11-22/h4-9,12,23H,2-3,10-11,13H2,1H3,(H,21,24). The van der Waals surface area contributed by atoms with E-state index in [-0.39, 0.29) is 10.5 Å². The number of ether oxygens (including phenoxy) is 2. The Morgan fingerprint density at radius 2 is 1.77 bits per heavy atom. The van der Waals surface area contributed by atoms with Crippen molar-refractivity contribution in [3.8, 4) is 11.5 Å². The Balaban J connectivity index is 1.65. The summed E-state index contributed by atoms with van der Waals surface area (Å²) in [5, 5.41) is 12.5. The molecule has 1 amide bonds. The molecule has 1 heterocycles. The van der Waals surface area contributed by atoms with Crippen molar-refractivity contribution in [3.63, 3.8) is 0 Å². The van der Waals surface area contributed by atoms with Crippen molar-refractivity contribution in [1.29, 1.82) is 0 Å². The van der Waals surface area contributed by atoms with Crippen LogP contribution in [0.2, 0.25) is 0 Å². The number of rotatable bonds is 7. The molecule has 1 aliphatic rings. The van der Waals surface area contributed by atoms with Crippen LogP contribution in [-0.4, -0.2) is 56.5 Å². The highest BCUT2D eigenvalue weighted by atomic mass is 32.2. The molecule has 1 saturated heterocycles. The first-order chi connectivity index (χ1) is 14.3. The van der Waals surface area contributed by atoms with Gasteiger partial charge in [-0.1, -0.05) is 0 Å². The first-order valence-electron chi connectivity index (χ1n) is 9.25. The number of hydrogen-bond acceptors (Lipinski definition) is 7. The number of amides is 1. The number of carbonyl (C=O) groups is 2. The quantitative estimate of drug-likeness (QED) is 0.639. The van der Waals surface area contributed by atoms with E-state index in [2.05, 4.69) is 5.32 Å². The second-order valence-corrected chi connectivity index (χ2v) is 8.58. The van der Waals surface area contributed by atoms with Gasteiger partial charge in [-0.15, -0.1) is 0 Å². The molecule has 0 radical (unpaired) electrons. The summed E-state index contributed by atoms with van der Waals surface area (Å²) in [4.78, 5) is 24.2. The molecule has 2 N–H and O–H groups in total. The number of carbonyl (C=O) groups excluding carboxylic acids is 2. The predicted octanol–water partition coefficient (Wildman–Crippen LogP) is 1.98. The molecule has 0 aromatic heterocycles. The Hall–Kier alpha value is -3.11. The van der Waals surface area contributed by atoms with E-state index in [4.69, 9.17) is 9.47 Å². The zero-order chi connectivity index (χ0) is 21.7. The van der Waals surface area contributed by atoms with E-state index in [9.17, 15) is 23.1 Å². The van der Waals surface area contributed by atoms with Crippen LogP contribution in [0.4, 0.5) is 5.69 Å². The average molecular weight is 434 g/mol. The van der Waals surface area contributed by atoms with E-state index in [1.807, 2.05) is 0 Å². The number of hydrogen-bond donors (Lipinski definition) is 2. The molecule has 160 valence electrons. The average Bonchev–Trinajstić information content (AvgIpc) is 3.28. The maximum absolute atomic E-state index is 12.7. The third-order valence-corrected chi connectivity index (χ3v) is 6.49. The van der Waals surface area contributed by atoms with Gasteiger partial charge in [-0.2, -0.15) is 4.31 Å². The number of esters is 1. The molecular formula is C20H22N2O7S. The summed E-state index contributed by atoms with van der Waals surface area (Å²) in [6, 6.07) is 9.98. The molecule has 10 heteroatoms. The lowest BCUT2D eigenvalue weighted by Gasteiger charge is -2.16. The Bertz CT molecular complexity index is 1030. The number of benzene rings is 2. The van der Waals surface area contributed by atoms with Gasteiger partial charge in [0.05, 0.1) is 12.0 Å². The van der Waals surface area contributed by atoms with Gasteiger partial charge in [0.2, 0.25) is 10.0 Å². The molecule has 1 aliphatic heterocycles. The van der Waals surface area contributed by atoms with Crippen molar-refractivity contribution in [2.45, 2.75) is 17.7 Å². The smallest absolute Gasteiger partial charge is 0.342 e. The molecule has 1 fully saturated rings. The van der Waals surface area contributed by atoms with Crippen molar-refractivity contribution < 1.29 is 32.6 Å². The van der Waals surface area contributed by atoms with Gasteiger partial charge < -0.3 is 19.9 Å². The van der Waals surface area contributed by atoms with Crippen molar-refractivity contribution in [2.75, 3.05) is 32.1 Å². The zero-order valence-corrected chi connectivity index (χ0v) is 17.1. The molecule has 0 bridgehead atoms. The minimum Gasteiger partial charge on any atom is -0.507 e. The topological polar surface area (TPSA) is 122 Å². The molecule has 2 aromatic rings. The molecule has 0 aliphatic carbocycles.